The molecule has 0 saturated carbocycles. The van der Waals surface area contributed by atoms with E-state index in [2.05, 4.69) is 19.2 Å². The number of nitrogens with zero attached hydrogens (tertiary/aromatic N) is 1. The fourth-order valence-electron chi connectivity index (χ4n) is 2.96. The Morgan fingerprint density at radius 3 is 2.00 bits per heavy atom. The van der Waals surface area contributed by atoms with Crippen molar-refractivity contribution in [2.75, 3.05) is 6.54 Å². The summed E-state index contributed by atoms with van der Waals surface area (Å²) in [6, 6.07) is 19.2. The van der Waals surface area contributed by atoms with Gasteiger partial charge in [0.25, 0.3) is 0 Å². The van der Waals surface area contributed by atoms with Crippen LogP contribution in [0, 0.1) is 5.92 Å². The quantitative estimate of drug-likeness (QED) is 0.734. The standard InChI is InChI=1S/C23H30N2O2/c1-4-22(26)25(17-20-13-9-6-10-14-20)21(23(27)24-16-18(2)3)15-19-11-7-5-8-12-19/h5-14,18,21H,4,15-17H2,1-3H3,(H,24,27)/t21-/m1/s1. The largest absolute Gasteiger partial charge is 0.354 e. The summed E-state index contributed by atoms with van der Waals surface area (Å²) in [4.78, 5) is 27.5. The minimum absolute atomic E-state index is 0.0144. The van der Waals surface area contributed by atoms with Crippen LogP contribution in [0.25, 0.3) is 0 Å². The maximum atomic E-state index is 13.0. The summed E-state index contributed by atoms with van der Waals surface area (Å²) in [6.07, 6.45) is 0.874. The Morgan fingerprint density at radius 2 is 1.48 bits per heavy atom. The highest BCUT2D eigenvalue weighted by Gasteiger charge is 2.29. The van der Waals surface area contributed by atoms with Gasteiger partial charge in [0.2, 0.25) is 11.8 Å². The summed E-state index contributed by atoms with van der Waals surface area (Å²) in [6.45, 7) is 6.99. The summed E-state index contributed by atoms with van der Waals surface area (Å²) >= 11 is 0. The molecule has 2 aromatic carbocycles. The first-order valence-corrected chi connectivity index (χ1v) is 9.66. The van der Waals surface area contributed by atoms with Gasteiger partial charge in [0.05, 0.1) is 0 Å². The highest BCUT2D eigenvalue weighted by atomic mass is 16.2. The fourth-order valence-corrected chi connectivity index (χ4v) is 2.96. The molecule has 0 aliphatic carbocycles. The molecule has 4 heteroatoms. The fraction of sp³-hybridized carbons (Fsp3) is 0.391. The summed E-state index contributed by atoms with van der Waals surface area (Å²) in [7, 11) is 0. The molecule has 0 heterocycles. The lowest BCUT2D eigenvalue weighted by Crippen LogP contribution is -2.50. The Balaban J connectivity index is 2.29. The van der Waals surface area contributed by atoms with Gasteiger partial charge < -0.3 is 10.2 Å². The number of carbonyl (C=O) groups is 2. The van der Waals surface area contributed by atoms with Crippen LogP contribution in [-0.2, 0) is 22.6 Å². The highest BCUT2D eigenvalue weighted by molar-refractivity contribution is 5.87. The van der Waals surface area contributed by atoms with Gasteiger partial charge in [-0.1, -0.05) is 81.4 Å². The number of carbonyl (C=O) groups excluding carboxylic acids is 2. The van der Waals surface area contributed by atoms with E-state index in [4.69, 9.17) is 0 Å². The van der Waals surface area contributed by atoms with Crippen molar-refractivity contribution in [1.82, 2.24) is 10.2 Å². The minimum atomic E-state index is -0.529. The number of amides is 2. The van der Waals surface area contributed by atoms with Crippen molar-refractivity contribution in [3.8, 4) is 0 Å². The minimum Gasteiger partial charge on any atom is -0.354 e. The van der Waals surface area contributed by atoms with E-state index in [0.717, 1.165) is 11.1 Å². The van der Waals surface area contributed by atoms with Gasteiger partial charge in [0, 0.05) is 25.9 Å². The van der Waals surface area contributed by atoms with Crippen molar-refractivity contribution in [2.24, 2.45) is 5.92 Å². The van der Waals surface area contributed by atoms with Crippen LogP contribution in [0.4, 0.5) is 0 Å². The maximum absolute atomic E-state index is 13.0. The van der Waals surface area contributed by atoms with Crippen molar-refractivity contribution in [3.63, 3.8) is 0 Å². The molecule has 0 bridgehead atoms. The molecule has 0 aliphatic rings. The molecule has 27 heavy (non-hydrogen) atoms. The van der Waals surface area contributed by atoms with Crippen LogP contribution in [0.3, 0.4) is 0 Å². The zero-order valence-corrected chi connectivity index (χ0v) is 16.5. The topological polar surface area (TPSA) is 49.4 Å². The van der Waals surface area contributed by atoms with E-state index in [-0.39, 0.29) is 11.8 Å². The average molecular weight is 367 g/mol. The molecule has 0 radical (unpaired) electrons. The highest BCUT2D eigenvalue weighted by Crippen LogP contribution is 2.15. The van der Waals surface area contributed by atoms with Gasteiger partial charge >= 0.3 is 0 Å². The van der Waals surface area contributed by atoms with Gasteiger partial charge in [-0.05, 0) is 17.0 Å². The molecule has 0 aliphatic heterocycles. The second kappa shape index (κ2) is 10.5. The van der Waals surface area contributed by atoms with Gasteiger partial charge in [-0.25, -0.2) is 0 Å². The monoisotopic (exact) mass is 366 g/mol. The van der Waals surface area contributed by atoms with E-state index in [1.54, 1.807) is 4.90 Å². The lowest BCUT2D eigenvalue weighted by molar-refractivity contribution is -0.141. The number of hydrogen-bond acceptors (Lipinski definition) is 2. The summed E-state index contributed by atoms with van der Waals surface area (Å²) in [5.74, 6) is 0.251. The SMILES string of the molecule is CCC(=O)N(Cc1ccccc1)[C@H](Cc1ccccc1)C(=O)NCC(C)C. The zero-order valence-electron chi connectivity index (χ0n) is 16.5. The van der Waals surface area contributed by atoms with Gasteiger partial charge in [-0.15, -0.1) is 0 Å². The molecule has 0 unspecified atom stereocenters. The Morgan fingerprint density at radius 1 is 0.926 bits per heavy atom. The lowest BCUT2D eigenvalue weighted by Gasteiger charge is -2.31. The molecule has 1 N–H and O–H groups in total. The first-order valence-electron chi connectivity index (χ1n) is 9.66. The summed E-state index contributed by atoms with van der Waals surface area (Å²) in [5.41, 5.74) is 2.07. The van der Waals surface area contributed by atoms with Gasteiger partial charge in [0.1, 0.15) is 6.04 Å². The van der Waals surface area contributed by atoms with Crippen LogP contribution < -0.4 is 5.32 Å². The van der Waals surface area contributed by atoms with Crippen LogP contribution in [0.15, 0.2) is 60.7 Å². The molecule has 0 fully saturated rings. The van der Waals surface area contributed by atoms with E-state index in [1.807, 2.05) is 67.6 Å². The summed E-state index contributed by atoms with van der Waals surface area (Å²) in [5, 5.41) is 3.01. The zero-order chi connectivity index (χ0) is 19.6. The molecular weight excluding hydrogens is 336 g/mol. The first kappa shape index (κ1) is 20.7. The normalized spacial score (nSPS) is 11.9. The van der Waals surface area contributed by atoms with Crippen molar-refractivity contribution >= 4 is 11.8 Å². The molecule has 0 spiro atoms. The second-order valence-corrected chi connectivity index (χ2v) is 7.21. The molecule has 0 aromatic heterocycles. The van der Waals surface area contributed by atoms with Crippen LogP contribution >= 0.6 is 0 Å². The predicted molar refractivity (Wildman–Crippen MR) is 109 cm³/mol. The van der Waals surface area contributed by atoms with Crippen molar-refractivity contribution in [3.05, 3.63) is 71.8 Å². The number of benzene rings is 2. The third-order valence-corrected chi connectivity index (χ3v) is 4.45. The van der Waals surface area contributed by atoms with E-state index in [1.165, 1.54) is 0 Å². The Hall–Kier alpha value is -2.62. The Kier molecular flexibility index (Phi) is 8.05. The average Bonchev–Trinajstić information content (AvgIpc) is 2.69. The van der Waals surface area contributed by atoms with Crippen LogP contribution in [0.5, 0.6) is 0 Å². The van der Waals surface area contributed by atoms with Crippen molar-refractivity contribution in [2.45, 2.75) is 46.2 Å². The smallest absolute Gasteiger partial charge is 0.243 e. The molecule has 0 saturated heterocycles. The van der Waals surface area contributed by atoms with Crippen LogP contribution in [0.2, 0.25) is 0 Å². The lowest BCUT2D eigenvalue weighted by atomic mass is 10.0. The van der Waals surface area contributed by atoms with Gasteiger partial charge in [-0.2, -0.15) is 0 Å². The van der Waals surface area contributed by atoms with Crippen molar-refractivity contribution < 1.29 is 9.59 Å². The third-order valence-electron chi connectivity index (χ3n) is 4.45. The summed E-state index contributed by atoms with van der Waals surface area (Å²) < 4.78 is 0. The Labute approximate surface area is 162 Å². The van der Waals surface area contributed by atoms with E-state index < -0.39 is 6.04 Å². The third kappa shape index (κ3) is 6.55. The van der Waals surface area contributed by atoms with Crippen molar-refractivity contribution in [1.29, 1.82) is 0 Å². The van der Waals surface area contributed by atoms with Gasteiger partial charge in [-0.3, -0.25) is 9.59 Å². The molecule has 2 rings (SSSR count). The van der Waals surface area contributed by atoms with E-state index >= 15 is 0 Å². The molecule has 2 aromatic rings. The molecule has 1 atom stereocenters. The van der Waals surface area contributed by atoms with Crippen LogP contribution in [0.1, 0.15) is 38.3 Å². The Bertz CT molecular complexity index is 714. The van der Waals surface area contributed by atoms with Gasteiger partial charge in [0.15, 0.2) is 0 Å². The molecule has 4 nitrogen and oxygen atoms in total. The number of nitrogens with one attached hydrogen (secondary N) is 1. The first-order chi connectivity index (χ1) is 13.0. The molecular formula is C23H30N2O2. The van der Waals surface area contributed by atoms with Crippen LogP contribution in [-0.4, -0.2) is 29.3 Å². The van der Waals surface area contributed by atoms with E-state index in [9.17, 15) is 9.59 Å². The number of hydrogen-bond donors (Lipinski definition) is 1. The maximum Gasteiger partial charge on any atom is 0.243 e. The van der Waals surface area contributed by atoms with E-state index in [0.29, 0.717) is 31.8 Å². The number of rotatable bonds is 9. The molecule has 2 amide bonds. The molecule has 144 valence electrons. The second-order valence-electron chi connectivity index (χ2n) is 7.21. The predicted octanol–water partition coefficient (Wildman–Crippen LogP) is 3.81.